The lowest BCUT2D eigenvalue weighted by Crippen LogP contribution is -1.91. The second kappa shape index (κ2) is 16.8. The van der Waals surface area contributed by atoms with E-state index in [1.54, 1.807) is 0 Å². The van der Waals surface area contributed by atoms with Gasteiger partial charge in [-0.3, -0.25) is 0 Å². The van der Waals surface area contributed by atoms with Gasteiger partial charge in [-0.05, 0) is 139 Å². The molecule has 0 radical (unpaired) electrons. The highest BCUT2D eigenvalue weighted by molar-refractivity contribution is 6.23. The van der Waals surface area contributed by atoms with E-state index in [1.807, 2.05) is 0 Å². The van der Waals surface area contributed by atoms with Crippen LogP contribution in [0.25, 0.3) is 122 Å². The lowest BCUT2D eigenvalue weighted by atomic mass is 9.85. The fourth-order valence-electron chi connectivity index (χ4n) is 10.2. The summed E-state index contributed by atoms with van der Waals surface area (Å²) in [5, 5.41) is 10.1. The first-order chi connectivity index (χ1) is 32.7. The molecule has 0 spiro atoms. The van der Waals surface area contributed by atoms with Crippen LogP contribution in [0.2, 0.25) is 0 Å². The maximum atomic E-state index is 2.40. The van der Waals surface area contributed by atoms with Crippen molar-refractivity contribution in [3.05, 3.63) is 266 Å². The van der Waals surface area contributed by atoms with Gasteiger partial charge in [0.25, 0.3) is 0 Å². The summed E-state index contributed by atoms with van der Waals surface area (Å²) in [5.41, 5.74) is 17.1. The van der Waals surface area contributed by atoms with E-state index in [0.717, 1.165) is 11.1 Å². The maximum absolute atomic E-state index is 2.40. The van der Waals surface area contributed by atoms with E-state index in [-0.39, 0.29) is 0 Å². The summed E-state index contributed by atoms with van der Waals surface area (Å²) in [6.07, 6.45) is 4.45. The van der Waals surface area contributed by atoms with Gasteiger partial charge >= 0.3 is 0 Å². The molecule has 0 aliphatic rings. The molecule has 0 aromatic heterocycles. The molecule has 0 N–H and O–H groups in total. The Morgan fingerprint density at radius 3 is 0.894 bits per heavy atom. The average molecular weight is 837 g/mol. The first-order valence-electron chi connectivity index (χ1n) is 22.8. The van der Waals surface area contributed by atoms with Gasteiger partial charge in [-0.15, -0.1) is 0 Å². The maximum Gasteiger partial charge on any atom is -0.00262 e. The molecule has 0 aliphatic carbocycles. The Kier molecular flexibility index (Phi) is 9.97. The van der Waals surface area contributed by atoms with Gasteiger partial charge < -0.3 is 0 Å². The molecule has 12 aromatic carbocycles. The van der Waals surface area contributed by atoms with Crippen LogP contribution in [0.1, 0.15) is 11.1 Å². The summed E-state index contributed by atoms with van der Waals surface area (Å²) in [5.74, 6) is 0. The van der Waals surface area contributed by atoms with Gasteiger partial charge in [0.15, 0.2) is 0 Å². The summed E-state index contributed by atoms with van der Waals surface area (Å²) in [7, 11) is 0. The molecule has 0 fully saturated rings. The van der Waals surface area contributed by atoms with Gasteiger partial charge in [-0.2, -0.15) is 0 Å². The van der Waals surface area contributed by atoms with Crippen molar-refractivity contribution in [2.45, 2.75) is 0 Å². The highest BCUT2D eigenvalue weighted by Crippen LogP contribution is 2.46. The van der Waals surface area contributed by atoms with Crippen molar-refractivity contribution in [2.24, 2.45) is 0 Å². The van der Waals surface area contributed by atoms with Crippen LogP contribution in [-0.4, -0.2) is 0 Å². The van der Waals surface area contributed by atoms with Crippen molar-refractivity contribution in [1.82, 2.24) is 0 Å². The van der Waals surface area contributed by atoms with Crippen LogP contribution in [0.3, 0.4) is 0 Å². The van der Waals surface area contributed by atoms with Gasteiger partial charge in [-0.25, -0.2) is 0 Å². The molecule has 0 saturated carbocycles. The minimum absolute atomic E-state index is 1.16. The van der Waals surface area contributed by atoms with Crippen LogP contribution >= 0.6 is 0 Å². The van der Waals surface area contributed by atoms with Crippen LogP contribution in [0.15, 0.2) is 255 Å². The highest BCUT2D eigenvalue weighted by Gasteiger charge is 2.19. The molecule has 12 aromatic rings. The predicted octanol–water partition coefficient (Wildman–Crippen LogP) is 18.5. The van der Waals surface area contributed by atoms with E-state index in [1.165, 1.54) is 110 Å². The molecule has 66 heavy (non-hydrogen) atoms. The molecular formula is C66H44. The van der Waals surface area contributed by atoms with Crippen LogP contribution in [-0.2, 0) is 0 Å². The van der Waals surface area contributed by atoms with Crippen LogP contribution in [0.4, 0.5) is 0 Å². The van der Waals surface area contributed by atoms with E-state index < -0.39 is 0 Å². The van der Waals surface area contributed by atoms with Crippen LogP contribution in [0.5, 0.6) is 0 Å². The zero-order chi connectivity index (χ0) is 43.8. The lowest BCUT2D eigenvalue weighted by molar-refractivity contribution is 1.60. The van der Waals surface area contributed by atoms with E-state index in [0.29, 0.717) is 0 Å². The Hall–Kier alpha value is -8.58. The van der Waals surface area contributed by atoms with E-state index in [2.05, 4.69) is 267 Å². The van der Waals surface area contributed by atoms with E-state index >= 15 is 0 Å². The number of hydrogen-bond donors (Lipinski definition) is 0. The largest absolute Gasteiger partial charge is 0.0622 e. The number of hydrogen-bond acceptors (Lipinski definition) is 0. The molecule has 0 unspecified atom stereocenters. The van der Waals surface area contributed by atoms with Crippen molar-refractivity contribution in [2.75, 3.05) is 0 Å². The van der Waals surface area contributed by atoms with Crippen molar-refractivity contribution in [1.29, 1.82) is 0 Å². The molecule has 0 amide bonds. The normalized spacial score (nSPS) is 11.6. The Balaban J connectivity index is 0.899. The molecule has 0 heteroatoms. The van der Waals surface area contributed by atoms with Crippen molar-refractivity contribution >= 4 is 55.2 Å². The number of rotatable bonds is 8. The molecule has 308 valence electrons. The molecular weight excluding hydrogens is 793 g/mol. The summed E-state index contributed by atoms with van der Waals surface area (Å²) >= 11 is 0. The van der Waals surface area contributed by atoms with E-state index in [9.17, 15) is 0 Å². The monoisotopic (exact) mass is 836 g/mol. The predicted molar refractivity (Wildman–Crippen MR) is 284 cm³/mol. The van der Waals surface area contributed by atoms with E-state index in [4.69, 9.17) is 0 Å². The molecule has 0 bridgehead atoms. The van der Waals surface area contributed by atoms with Crippen LogP contribution in [0, 0.1) is 0 Å². The fourth-order valence-corrected chi connectivity index (χ4v) is 10.2. The zero-order valence-electron chi connectivity index (χ0n) is 36.4. The zero-order valence-corrected chi connectivity index (χ0v) is 36.4. The molecule has 0 nitrogen and oxygen atoms in total. The second-order valence-corrected chi connectivity index (χ2v) is 17.2. The van der Waals surface area contributed by atoms with Gasteiger partial charge in [-0.1, -0.05) is 249 Å². The molecule has 0 saturated heterocycles. The first-order valence-corrected chi connectivity index (χ1v) is 22.8. The third-order valence-corrected chi connectivity index (χ3v) is 13.2. The summed E-state index contributed by atoms with van der Waals surface area (Å²) in [6.45, 7) is 0. The third kappa shape index (κ3) is 7.06. The van der Waals surface area contributed by atoms with Gasteiger partial charge in [0.1, 0.15) is 0 Å². The molecule has 0 aliphatic heterocycles. The summed E-state index contributed by atoms with van der Waals surface area (Å²) in [6, 6.07) is 93.0. The highest BCUT2D eigenvalue weighted by atomic mass is 14.2. The third-order valence-electron chi connectivity index (χ3n) is 13.2. The SMILES string of the molecule is C(=Cc1cccc(-c2ccc3c(-c4ccccc4)c4ccccc4c(-c4ccccc4)c3c2)c1)c1ccc(-c2ccc3c(-c4ccccc4)c4ccccc4c(-c4ccccc4)c3c2)cc1. The number of fused-ring (bicyclic) bond motifs is 4. The van der Waals surface area contributed by atoms with Gasteiger partial charge in [0.2, 0.25) is 0 Å². The van der Waals surface area contributed by atoms with Crippen molar-refractivity contribution in [3.8, 4) is 66.8 Å². The lowest BCUT2D eigenvalue weighted by Gasteiger charge is -2.18. The Bertz CT molecular complexity index is 3750. The van der Waals surface area contributed by atoms with Crippen molar-refractivity contribution < 1.29 is 0 Å². The Morgan fingerprint density at radius 2 is 0.470 bits per heavy atom. The topological polar surface area (TPSA) is 0 Å². The summed E-state index contributed by atoms with van der Waals surface area (Å²) < 4.78 is 0. The fraction of sp³-hybridized carbons (Fsp3) is 0. The van der Waals surface area contributed by atoms with Crippen molar-refractivity contribution in [3.63, 3.8) is 0 Å². The quantitative estimate of drug-likeness (QED) is 0.106. The first kappa shape index (κ1) is 39.0. The van der Waals surface area contributed by atoms with Crippen LogP contribution < -0.4 is 0 Å². The molecule has 0 atom stereocenters. The second-order valence-electron chi connectivity index (χ2n) is 17.2. The molecule has 0 heterocycles. The standard InChI is InChI=1S/C66H44/c1-5-19-48(20-6-1)63-55-28-13-15-30-57(55)65(50-23-9-3-10-24-50)61-43-53(38-40-59(61)63)47-36-34-45(35-37-47)32-33-46-18-17-27-52(42-46)54-39-41-60-62(44-54)66(51-25-11-4-12-26-51)58-31-16-14-29-56(58)64(60)49-21-7-2-8-22-49/h1-44H. The smallest absolute Gasteiger partial charge is 0.00262 e. The average Bonchev–Trinajstić information content (AvgIpc) is 3.39. The Labute approximate surface area is 386 Å². The minimum atomic E-state index is 1.16. The van der Waals surface area contributed by atoms with Gasteiger partial charge in [0, 0.05) is 0 Å². The number of benzene rings is 12. The van der Waals surface area contributed by atoms with Gasteiger partial charge in [0.05, 0.1) is 0 Å². The summed E-state index contributed by atoms with van der Waals surface area (Å²) in [4.78, 5) is 0. The Morgan fingerprint density at radius 1 is 0.167 bits per heavy atom. The minimum Gasteiger partial charge on any atom is -0.0622 e. The molecule has 12 rings (SSSR count).